The van der Waals surface area contributed by atoms with Gasteiger partial charge in [0.05, 0.1) is 16.1 Å². The lowest BCUT2D eigenvalue weighted by molar-refractivity contribution is 0.0698. The lowest BCUT2D eigenvalue weighted by atomic mass is 10.1. The number of hydrogen-bond donors (Lipinski definition) is 2. The summed E-state index contributed by atoms with van der Waals surface area (Å²) in [6.45, 7) is 1.82. The maximum Gasteiger partial charge on any atom is 0.337 e. The van der Waals surface area contributed by atoms with Crippen LogP contribution in [0.15, 0.2) is 47.4 Å². The first kappa shape index (κ1) is 15.1. The quantitative estimate of drug-likeness (QED) is 0.907. The van der Waals surface area contributed by atoms with Crippen LogP contribution < -0.4 is 5.32 Å². The molecule has 2 aromatic carbocycles. The molecule has 0 aliphatic heterocycles. The summed E-state index contributed by atoms with van der Waals surface area (Å²) in [6, 6.07) is 11.2. The second-order valence-corrected chi connectivity index (χ2v) is 6.79. The van der Waals surface area contributed by atoms with Gasteiger partial charge >= 0.3 is 5.97 Å². The van der Waals surface area contributed by atoms with Gasteiger partial charge in [0.15, 0.2) is 9.84 Å². The zero-order chi connectivity index (χ0) is 15.6. The Morgan fingerprint density at radius 2 is 1.71 bits per heavy atom. The average molecular weight is 305 g/mol. The highest BCUT2D eigenvalue weighted by atomic mass is 32.2. The molecular weight excluding hydrogens is 290 g/mol. The van der Waals surface area contributed by atoms with Crippen molar-refractivity contribution in [3.05, 3.63) is 53.6 Å². The predicted octanol–water partition coefficient (Wildman–Crippen LogP) is 2.84. The number of anilines is 2. The van der Waals surface area contributed by atoms with Crippen molar-refractivity contribution in [3.8, 4) is 0 Å². The van der Waals surface area contributed by atoms with Crippen molar-refractivity contribution < 1.29 is 18.3 Å². The maximum absolute atomic E-state index is 11.4. The van der Waals surface area contributed by atoms with Crippen LogP contribution in [0.5, 0.6) is 0 Å². The molecule has 0 amide bonds. The Balaban J connectivity index is 2.33. The van der Waals surface area contributed by atoms with Crippen LogP contribution in [0.25, 0.3) is 0 Å². The fourth-order valence-corrected chi connectivity index (χ4v) is 2.52. The van der Waals surface area contributed by atoms with Crippen molar-refractivity contribution in [1.29, 1.82) is 0 Å². The number of hydrogen-bond acceptors (Lipinski definition) is 4. The van der Waals surface area contributed by atoms with E-state index in [0.717, 1.165) is 11.8 Å². The van der Waals surface area contributed by atoms with E-state index in [1.54, 1.807) is 30.3 Å². The van der Waals surface area contributed by atoms with Crippen molar-refractivity contribution >= 4 is 27.2 Å². The van der Waals surface area contributed by atoms with Gasteiger partial charge < -0.3 is 10.4 Å². The van der Waals surface area contributed by atoms with E-state index in [2.05, 4.69) is 5.32 Å². The molecule has 0 aromatic heterocycles. The van der Waals surface area contributed by atoms with Crippen LogP contribution in [-0.4, -0.2) is 25.7 Å². The number of aryl methyl sites for hydroxylation is 1. The summed E-state index contributed by atoms with van der Waals surface area (Å²) in [7, 11) is -3.24. The summed E-state index contributed by atoms with van der Waals surface area (Å²) in [5, 5.41) is 12.2. The van der Waals surface area contributed by atoms with Gasteiger partial charge in [0.25, 0.3) is 0 Å². The first-order chi connectivity index (χ1) is 9.77. The molecule has 2 aromatic rings. The second-order valence-electron chi connectivity index (χ2n) is 4.78. The number of rotatable bonds is 4. The standard InChI is InChI=1S/C15H15NO4S/c1-10-3-8-14(13(9-10)15(17)18)16-11-4-6-12(7-5-11)21(2,19)20/h3-9,16H,1-2H3,(H,17,18). The SMILES string of the molecule is Cc1ccc(Nc2ccc(S(C)(=O)=O)cc2)c(C(=O)O)c1. The van der Waals surface area contributed by atoms with Gasteiger partial charge in [-0.25, -0.2) is 13.2 Å². The lowest BCUT2D eigenvalue weighted by Gasteiger charge is -2.11. The largest absolute Gasteiger partial charge is 0.478 e. The number of sulfone groups is 1. The van der Waals surface area contributed by atoms with Gasteiger partial charge in [0.2, 0.25) is 0 Å². The molecule has 0 unspecified atom stereocenters. The summed E-state index contributed by atoms with van der Waals surface area (Å²) >= 11 is 0. The Morgan fingerprint density at radius 1 is 1.10 bits per heavy atom. The summed E-state index contributed by atoms with van der Waals surface area (Å²) in [5.41, 5.74) is 2.10. The third-order valence-electron chi connectivity index (χ3n) is 2.97. The molecule has 0 spiro atoms. The molecule has 2 N–H and O–H groups in total. The Morgan fingerprint density at radius 3 is 2.24 bits per heavy atom. The molecule has 2 rings (SSSR count). The normalized spacial score (nSPS) is 11.1. The molecule has 0 atom stereocenters. The number of carboxylic acids is 1. The van der Waals surface area contributed by atoms with Crippen LogP contribution >= 0.6 is 0 Å². The fourth-order valence-electron chi connectivity index (χ4n) is 1.89. The second kappa shape index (κ2) is 5.57. The van der Waals surface area contributed by atoms with E-state index in [9.17, 15) is 18.3 Å². The fraction of sp³-hybridized carbons (Fsp3) is 0.133. The van der Waals surface area contributed by atoms with Crippen molar-refractivity contribution in [1.82, 2.24) is 0 Å². The van der Waals surface area contributed by atoms with E-state index in [1.165, 1.54) is 12.1 Å². The van der Waals surface area contributed by atoms with Gasteiger partial charge in [-0.05, 0) is 43.3 Å². The van der Waals surface area contributed by atoms with E-state index in [4.69, 9.17) is 0 Å². The molecular formula is C15H15NO4S. The predicted molar refractivity (Wildman–Crippen MR) is 81.0 cm³/mol. The van der Waals surface area contributed by atoms with Crippen molar-refractivity contribution in [2.24, 2.45) is 0 Å². The van der Waals surface area contributed by atoms with Crippen LogP contribution in [0.2, 0.25) is 0 Å². The summed E-state index contributed by atoms with van der Waals surface area (Å²) in [4.78, 5) is 11.4. The number of carboxylic acid groups (broad SMARTS) is 1. The molecule has 0 aliphatic rings. The van der Waals surface area contributed by atoms with E-state index in [-0.39, 0.29) is 10.5 Å². The molecule has 0 saturated carbocycles. The Hall–Kier alpha value is -2.34. The minimum atomic E-state index is -3.24. The van der Waals surface area contributed by atoms with E-state index < -0.39 is 15.8 Å². The third kappa shape index (κ3) is 3.61. The molecule has 110 valence electrons. The first-order valence-electron chi connectivity index (χ1n) is 6.18. The molecule has 0 saturated heterocycles. The topological polar surface area (TPSA) is 83.5 Å². The highest BCUT2D eigenvalue weighted by Crippen LogP contribution is 2.23. The van der Waals surface area contributed by atoms with Gasteiger partial charge in [-0.15, -0.1) is 0 Å². The number of carbonyl (C=O) groups is 1. The van der Waals surface area contributed by atoms with Gasteiger partial charge in [-0.1, -0.05) is 11.6 Å². The van der Waals surface area contributed by atoms with E-state index >= 15 is 0 Å². The van der Waals surface area contributed by atoms with Gasteiger partial charge in [-0.3, -0.25) is 0 Å². The Bertz CT molecular complexity index is 780. The third-order valence-corrected chi connectivity index (χ3v) is 4.10. The molecule has 0 radical (unpaired) electrons. The van der Waals surface area contributed by atoms with Crippen molar-refractivity contribution in [2.75, 3.05) is 11.6 Å². The summed E-state index contributed by atoms with van der Waals surface area (Å²) in [5.74, 6) is -1.02. The highest BCUT2D eigenvalue weighted by molar-refractivity contribution is 7.90. The minimum absolute atomic E-state index is 0.169. The lowest BCUT2D eigenvalue weighted by Crippen LogP contribution is -2.03. The summed E-state index contributed by atoms with van der Waals surface area (Å²) in [6.07, 6.45) is 1.14. The van der Waals surface area contributed by atoms with Crippen LogP contribution in [0.4, 0.5) is 11.4 Å². The van der Waals surface area contributed by atoms with Crippen molar-refractivity contribution in [2.45, 2.75) is 11.8 Å². The molecule has 6 heteroatoms. The van der Waals surface area contributed by atoms with Crippen LogP contribution in [-0.2, 0) is 9.84 Å². The maximum atomic E-state index is 11.4. The highest BCUT2D eigenvalue weighted by Gasteiger charge is 2.11. The van der Waals surface area contributed by atoms with Crippen LogP contribution in [0.1, 0.15) is 15.9 Å². The zero-order valence-corrected chi connectivity index (χ0v) is 12.4. The van der Waals surface area contributed by atoms with Crippen LogP contribution in [0.3, 0.4) is 0 Å². The minimum Gasteiger partial charge on any atom is -0.478 e. The van der Waals surface area contributed by atoms with E-state index in [0.29, 0.717) is 11.4 Å². The molecule has 0 aliphatic carbocycles. The molecule has 0 fully saturated rings. The van der Waals surface area contributed by atoms with E-state index in [1.807, 2.05) is 6.92 Å². The summed E-state index contributed by atoms with van der Waals surface area (Å²) < 4.78 is 22.8. The molecule has 0 heterocycles. The number of nitrogens with one attached hydrogen (secondary N) is 1. The average Bonchev–Trinajstić information content (AvgIpc) is 2.40. The molecule has 5 nitrogen and oxygen atoms in total. The first-order valence-corrected chi connectivity index (χ1v) is 8.07. The van der Waals surface area contributed by atoms with Crippen LogP contribution in [0, 0.1) is 6.92 Å². The number of benzene rings is 2. The molecule has 21 heavy (non-hydrogen) atoms. The Kier molecular flexibility index (Phi) is 3.99. The molecule has 0 bridgehead atoms. The van der Waals surface area contributed by atoms with Crippen molar-refractivity contribution in [3.63, 3.8) is 0 Å². The zero-order valence-electron chi connectivity index (χ0n) is 11.6. The Labute approximate surface area is 123 Å². The smallest absolute Gasteiger partial charge is 0.337 e. The van der Waals surface area contributed by atoms with Gasteiger partial charge in [-0.2, -0.15) is 0 Å². The number of aromatic carboxylic acids is 1. The monoisotopic (exact) mass is 305 g/mol. The van der Waals surface area contributed by atoms with Gasteiger partial charge in [0.1, 0.15) is 0 Å². The van der Waals surface area contributed by atoms with Gasteiger partial charge in [0, 0.05) is 11.9 Å².